The topological polar surface area (TPSA) is 137 Å². The molecule has 2 unspecified atom stereocenters. The number of aliphatic hydroxyl groups is 4. The highest BCUT2D eigenvalue weighted by Gasteiger charge is 2.48. The summed E-state index contributed by atoms with van der Waals surface area (Å²) >= 11 is 0. The van der Waals surface area contributed by atoms with E-state index < -0.39 is 49.9 Å². The van der Waals surface area contributed by atoms with Gasteiger partial charge < -0.3 is 35.0 Å². The van der Waals surface area contributed by atoms with E-state index in [0.717, 1.165) is 0 Å². The van der Waals surface area contributed by atoms with E-state index in [9.17, 15) is 20.1 Å². The van der Waals surface area contributed by atoms with Gasteiger partial charge in [0.2, 0.25) is 5.79 Å². The summed E-state index contributed by atoms with van der Waals surface area (Å²) in [7, 11) is 0. The summed E-state index contributed by atoms with van der Waals surface area (Å²) in [5.41, 5.74) is 0. The van der Waals surface area contributed by atoms with Gasteiger partial charge in [0.25, 0.3) is 0 Å². The summed E-state index contributed by atoms with van der Waals surface area (Å²) in [5, 5.41) is 46.0. The maximum atomic E-state index is 10.3. The molecule has 0 aliphatic carbocycles. The number of hydrogen-bond donors (Lipinski definition) is 5. The number of carboxylic acid groups (broad SMARTS) is 1. The Morgan fingerprint density at radius 2 is 2.19 bits per heavy atom. The van der Waals surface area contributed by atoms with E-state index in [1.54, 1.807) is 0 Å². The zero-order valence-corrected chi connectivity index (χ0v) is 8.18. The van der Waals surface area contributed by atoms with Crippen molar-refractivity contribution in [2.24, 2.45) is 0 Å². The normalized spacial score (nSPS) is 42.5. The maximum Gasteiger partial charge on any atom is 0.329 e. The van der Waals surface area contributed by atoms with Gasteiger partial charge in [-0.05, 0) is 0 Å². The zero-order chi connectivity index (χ0) is 13.2. The molecule has 1 fully saturated rings. The van der Waals surface area contributed by atoms with Crippen LogP contribution in [0.3, 0.4) is 0 Å². The summed E-state index contributed by atoms with van der Waals surface area (Å²) in [6.07, 6.45) is -4.88. The average molecular weight is 239 g/mol. The monoisotopic (exact) mass is 239 g/mol. The highest BCUT2D eigenvalue weighted by atomic mass is 16.7. The van der Waals surface area contributed by atoms with Crippen LogP contribution < -0.4 is 0 Å². The highest BCUT2D eigenvalue weighted by molar-refractivity contribution is 5.67. The number of ether oxygens (including phenoxy) is 2. The number of aliphatic hydroxyl groups excluding tert-OH is 3. The van der Waals surface area contributed by atoms with Gasteiger partial charge in [0, 0.05) is 0 Å². The lowest BCUT2D eigenvalue weighted by atomic mass is 9.97. The molecule has 16 heavy (non-hydrogen) atoms. The number of carbonyl (C=O) groups is 1. The molecule has 1 heterocycles. The number of rotatable bonds is 4. The number of aliphatic carboxylic acids is 1. The first kappa shape index (κ1) is 11.7. The molecule has 0 amide bonds. The van der Waals surface area contributed by atoms with Crippen molar-refractivity contribution in [1.29, 1.82) is 0 Å². The molecule has 0 spiro atoms. The quantitative estimate of drug-likeness (QED) is 0.347. The van der Waals surface area contributed by atoms with Crippen LogP contribution in [0, 0.1) is 0 Å². The molecule has 0 aromatic rings. The Balaban J connectivity index is 2.59. The van der Waals surface area contributed by atoms with Gasteiger partial charge in [0.15, 0.2) is 0 Å². The fourth-order valence-corrected chi connectivity index (χ4v) is 1.25. The fourth-order valence-electron chi connectivity index (χ4n) is 1.25. The van der Waals surface area contributed by atoms with E-state index in [-0.39, 0.29) is 0 Å². The van der Waals surface area contributed by atoms with Crippen LogP contribution in [0.1, 0.15) is 1.37 Å². The Kier molecular flexibility index (Phi) is 3.69. The minimum absolute atomic E-state index is 0.451. The fraction of sp³-hybridized carbons (Fsp3) is 0.875. The van der Waals surface area contributed by atoms with E-state index in [0.29, 0.717) is 0 Å². The first-order chi connectivity index (χ1) is 7.78. The lowest BCUT2D eigenvalue weighted by Crippen LogP contribution is -2.62. The zero-order valence-electron chi connectivity index (χ0n) is 9.18. The van der Waals surface area contributed by atoms with Gasteiger partial charge in [-0.2, -0.15) is 0 Å². The molecule has 1 rings (SSSR count). The molecular weight excluding hydrogens is 224 g/mol. The molecule has 8 heteroatoms. The maximum absolute atomic E-state index is 10.3. The molecule has 1 aliphatic heterocycles. The van der Waals surface area contributed by atoms with Gasteiger partial charge in [0.05, 0.1) is 7.98 Å². The van der Waals surface area contributed by atoms with E-state index >= 15 is 0 Å². The SMILES string of the molecule is [2H]C(OCC1(O)OC[C@@H](O)[C@@H](O)[C@@H]1O)C(=O)O. The van der Waals surface area contributed by atoms with Crippen molar-refractivity contribution in [2.75, 3.05) is 19.8 Å². The predicted octanol–water partition coefficient (Wildman–Crippen LogP) is -3.11. The van der Waals surface area contributed by atoms with Gasteiger partial charge in [-0.15, -0.1) is 0 Å². The highest BCUT2D eigenvalue weighted by Crippen LogP contribution is 2.24. The van der Waals surface area contributed by atoms with Crippen molar-refractivity contribution in [3.63, 3.8) is 0 Å². The Morgan fingerprint density at radius 1 is 1.56 bits per heavy atom. The average Bonchev–Trinajstić information content (AvgIpc) is 2.29. The van der Waals surface area contributed by atoms with Crippen molar-refractivity contribution < 1.29 is 41.2 Å². The largest absolute Gasteiger partial charge is 0.480 e. The molecule has 0 radical (unpaired) electrons. The van der Waals surface area contributed by atoms with Crippen LogP contribution >= 0.6 is 0 Å². The molecule has 1 aliphatic rings. The van der Waals surface area contributed by atoms with Crippen LogP contribution in [0.5, 0.6) is 0 Å². The number of hydrogen-bond acceptors (Lipinski definition) is 7. The van der Waals surface area contributed by atoms with Crippen LogP contribution in [0.4, 0.5) is 0 Å². The standard InChI is InChI=1S/C8H14O8/c9-4-1-16-8(14,7(13)6(4)12)3-15-2-5(10)11/h4,6-7,9,12-14H,1-3H2,(H,10,11)/t4-,6-,7+,8?/m1/s1/i2D/t2?,4-,6-,7+,8?. The number of carboxylic acids is 1. The van der Waals surface area contributed by atoms with Crippen molar-refractivity contribution in [2.45, 2.75) is 24.1 Å². The molecule has 94 valence electrons. The van der Waals surface area contributed by atoms with Crippen LogP contribution in [0.15, 0.2) is 0 Å². The first-order valence-corrected chi connectivity index (χ1v) is 4.45. The van der Waals surface area contributed by atoms with Crippen LogP contribution in [-0.4, -0.2) is 75.4 Å². The summed E-state index contributed by atoms with van der Waals surface area (Å²) in [6.45, 7) is -3.22. The third-order valence-corrected chi connectivity index (χ3v) is 2.16. The van der Waals surface area contributed by atoms with Gasteiger partial charge in [-0.1, -0.05) is 0 Å². The third kappa shape index (κ3) is 2.88. The van der Waals surface area contributed by atoms with Gasteiger partial charge in [0.1, 0.15) is 31.5 Å². The second-order valence-electron chi connectivity index (χ2n) is 3.43. The second kappa shape index (κ2) is 5.04. The van der Waals surface area contributed by atoms with E-state index in [1.807, 2.05) is 0 Å². The molecular formula is C8H14O8. The van der Waals surface area contributed by atoms with Crippen LogP contribution in [-0.2, 0) is 14.3 Å². The minimum atomic E-state index is -2.35. The van der Waals surface area contributed by atoms with Crippen molar-refractivity contribution >= 4 is 5.97 Å². The minimum Gasteiger partial charge on any atom is -0.480 e. The lowest BCUT2D eigenvalue weighted by molar-refractivity contribution is -0.334. The Hall–Kier alpha value is -0.770. The van der Waals surface area contributed by atoms with Crippen LogP contribution in [0.25, 0.3) is 0 Å². The molecule has 0 aromatic carbocycles. The molecule has 0 saturated carbocycles. The van der Waals surface area contributed by atoms with Gasteiger partial charge >= 0.3 is 5.97 Å². The van der Waals surface area contributed by atoms with Gasteiger partial charge in [-0.25, -0.2) is 4.79 Å². The van der Waals surface area contributed by atoms with Crippen LogP contribution in [0.2, 0.25) is 0 Å². The Bertz CT molecular complexity index is 287. The first-order valence-electron chi connectivity index (χ1n) is 5.03. The lowest BCUT2D eigenvalue weighted by Gasteiger charge is -2.41. The predicted molar refractivity (Wildman–Crippen MR) is 47.4 cm³/mol. The summed E-state index contributed by atoms with van der Waals surface area (Å²) < 4.78 is 16.0. The molecule has 5 N–H and O–H groups in total. The molecule has 0 aromatic heterocycles. The molecule has 0 bridgehead atoms. The Labute approximate surface area is 92.1 Å². The summed E-state index contributed by atoms with van der Waals surface area (Å²) in [5.74, 6) is -3.92. The van der Waals surface area contributed by atoms with Crippen molar-refractivity contribution in [3.05, 3.63) is 0 Å². The van der Waals surface area contributed by atoms with Gasteiger partial charge in [-0.3, -0.25) is 0 Å². The molecule has 8 nitrogen and oxygen atoms in total. The van der Waals surface area contributed by atoms with Crippen molar-refractivity contribution in [3.8, 4) is 0 Å². The molecule has 5 atom stereocenters. The smallest absolute Gasteiger partial charge is 0.329 e. The van der Waals surface area contributed by atoms with E-state index in [4.69, 9.17) is 11.6 Å². The Morgan fingerprint density at radius 3 is 2.75 bits per heavy atom. The summed E-state index contributed by atoms with van der Waals surface area (Å²) in [4.78, 5) is 10.3. The third-order valence-electron chi connectivity index (χ3n) is 2.16. The van der Waals surface area contributed by atoms with E-state index in [2.05, 4.69) is 9.47 Å². The van der Waals surface area contributed by atoms with Crippen molar-refractivity contribution in [1.82, 2.24) is 0 Å². The molecule has 1 saturated heterocycles. The van der Waals surface area contributed by atoms with E-state index in [1.165, 1.54) is 0 Å². The second-order valence-corrected chi connectivity index (χ2v) is 3.43. The summed E-state index contributed by atoms with van der Waals surface area (Å²) in [6, 6.07) is 0.